The van der Waals surface area contributed by atoms with Crippen molar-refractivity contribution in [2.24, 2.45) is 0 Å². The van der Waals surface area contributed by atoms with Crippen LogP contribution in [0.15, 0.2) is 54.6 Å². The molecule has 1 aliphatic carbocycles. The number of para-hydroxylation sites is 1. The van der Waals surface area contributed by atoms with E-state index < -0.39 is 0 Å². The predicted molar refractivity (Wildman–Crippen MR) is 110 cm³/mol. The maximum absolute atomic E-state index is 12.5. The van der Waals surface area contributed by atoms with Gasteiger partial charge in [0.1, 0.15) is 5.75 Å². The lowest BCUT2D eigenvalue weighted by Crippen LogP contribution is -2.30. The molecule has 4 rings (SSSR count). The van der Waals surface area contributed by atoms with E-state index in [2.05, 4.69) is 26.1 Å². The van der Waals surface area contributed by atoms with Crippen molar-refractivity contribution in [3.8, 4) is 17.0 Å². The van der Waals surface area contributed by atoms with Gasteiger partial charge in [0.05, 0.1) is 12.8 Å². The predicted octanol–water partition coefficient (Wildman–Crippen LogP) is 3.62. The summed E-state index contributed by atoms with van der Waals surface area (Å²) in [5, 5.41) is 15.4. The Balaban J connectivity index is 1.39. The van der Waals surface area contributed by atoms with E-state index in [0.29, 0.717) is 22.8 Å². The van der Waals surface area contributed by atoms with Crippen LogP contribution in [-0.4, -0.2) is 35.3 Å². The minimum atomic E-state index is -0.294. The second-order valence-electron chi connectivity index (χ2n) is 6.77. The van der Waals surface area contributed by atoms with Gasteiger partial charge in [-0.15, -0.1) is 0 Å². The van der Waals surface area contributed by atoms with Gasteiger partial charge in [-0.3, -0.25) is 9.89 Å². The third-order valence-electron chi connectivity index (χ3n) is 4.53. The third-order valence-corrected chi connectivity index (χ3v) is 4.53. The first-order valence-corrected chi connectivity index (χ1v) is 9.30. The molecule has 1 saturated carbocycles. The standard InChI is InChI=1S/C21H21N5O3/c1-29-18-5-3-2-4-16(18)17-12-19(26-25-17)24-20(27)13-6-8-14(9-7-13)22-21(28)23-15-10-11-15/h2-9,12,15H,10-11H2,1H3,(H2,22,23,28)(H2,24,25,26,27). The van der Waals surface area contributed by atoms with Crippen LogP contribution in [0.4, 0.5) is 16.3 Å². The van der Waals surface area contributed by atoms with E-state index in [9.17, 15) is 9.59 Å². The summed E-state index contributed by atoms with van der Waals surface area (Å²) in [5.74, 6) is 0.821. The summed E-state index contributed by atoms with van der Waals surface area (Å²) in [7, 11) is 1.60. The maximum atomic E-state index is 12.5. The van der Waals surface area contributed by atoms with Gasteiger partial charge in [-0.1, -0.05) is 12.1 Å². The van der Waals surface area contributed by atoms with E-state index in [1.165, 1.54) is 0 Å². The van der Waals surface area contributed by atoms with Crippen LogP contribution in [0.3, 0.4) is 0 Å². The summed E-state index contributed by atoms with van der Waals surface area (Å²) in [6, 6.07) is 16.0. The van der Waals surface area contributed by atoms with E-state index >= 15 is 0 Å². The maximum Gasteiger partial charge on any atom is 0.319 e. The lowest BCUT2D eigenvalue weighted by Gasteiger charge is -2.07. The molecule has 4 N–H and O–H groups in total. The van der Waals surface area contributed by atoms with Crippen LogP contribution in [0.5, 0.6) is 5.75 Å². The number of hydrogen-bond acceptors (Lipinski definition) is 4. The molecule has 2 aromatic carbocycles. The van der Waals surface area contributed by atoms with Gasteiger partial charge in [0, 0.05) is 28.9 Å². The van der Waals surface area contributed by atoms with E-state index in [1.807, 2.05) is 24.3 Å². The molecule has 0 radical (unpaired) electrons. The zero-order valence-corrected chi connectivity index (χ0v) is 15.9. The zero-order chi connectivity index (χ0) is 20.2. The van der Waals surface area contributed by atoms with E-state index in [-0.39, 0.29) is 18.0 Å². The fraction of sp³-hybridized carbons (Fsp3) is 0.190. The molecule has 1 aliphatic rings. The summed E-state index contributed by atoms with van der Waals surface area (Å²) in [5.41, 5.74) is 2.67. The van der Waals surface area contributed by atoms with Crippen molar-refractivity contribution in [3.63, 3.8) is 0 Å². The number of carbonyl (C=O) groups is 2. The summed E-state index contributed by atoms with van der Waals surface area (Å²) in [4.78, 5) is 24.2. The number of ether oxygens (including phenoxy) is 1. The van der Waals surface area contributed by atoms with Crippen LogP contribution in [0.2, 0.25) is 0 Å². The van der Waals surface area contributed by atoms with E-state index in [0.717, 1.165) is 24.1 Å². The van der Waals surface area contributed by atoms with Gasteiger partial charge in [-0.25, -0.2) is 4.79 Å². The Hall–Kier alpha value is -3.81. The number of benzene rings is 2. The molecule has 0 aliphatic heterocycles. The summed E-state index contributed by atoms with van der Waals surface area (Å²) in [6.07, 6.45) is 2.05. The Morgan fingerprint density at radius 2 is 1.83 bits per heavy atom. The number of H-pyrrole nitrogens is 1. The van der Waals surface area contributed by atoms with Gasteiger partial charge in [0.2, 0.25) is 0 Å². The van der Waals surface area contributed by atoms with Gasteiger partial charge in [0.15, 0.2) is 5.82 Å². The molecular formula is C21H21N5O3. The van der Waals surface area contributed by atoms with Crippen molar-refractivity contribution in [3.05, 3.63) is 60.2 Å². The molecule has 8 heteroatoms. The Labute approximate surface area is 167 Å². The summed E-state index contributed by atoms with van der Waals surface area (Å²) >= 11 is 0. The zero-order valence-electron chi connectivity index (χ0n) is 15.9. The first-order chi connectivity index (χ1) is 14.1. The number of nitrogens with one attached hydrogen (secondary N) is 4. The van der Waals surface area contributed by atoms with Crippen molar-refractivity contribution in [1.29, 1.82) is 0 Å². The lowest BCUT2D eigenvalue weighted by molar-refractivity contribution is 0.102. The van der Waals surface area contributed by atoms with E-state index in [4.69, 9.17) is 4.74 Å². The van der Waals surface area contributed by atoms with Crippen LogP contribution in [0, 0.1) is 0 Å². The molecule has 0 unspecified atom stereocenters. The molecule has 3 aromatic rings. The average molecular weight is 391 g/mol. The average Bonchev–Trinajstić information content (AvgIpc) is 3.43. The highest BCUT2D eigenvalue weighted by Gasteiger charge is 2.23. The highest BCUT2D eigenvalue weighted by atomic mass is 16.5. The normalized spacial score (nSPS) is 12.9. The second kappa shape index (κ2) is 8.05. The topological polar surface area (TPSA) is 108 Å². The highest BCUT2D eigenvalue weighted by Crippen LogP contribution is 2.29. The first-order valence-electron chi connectivity index (χ1n) is 9.30. The number of carbonyl (C=O) groups excluding carboxylic acids is 2. The number of aromatic nitrogens is 2. The molecule has 0 bridgehead atoms. The number of aromatic amines is 1. The molecular weight excluding hydrogens is 370 g/mol. The molecule has 148 valence electrons. The van der Waals surface area contributed by atoms with Crippen molar-refractivity contribution >= 4 is 23.4 Å². The minimum Gasteiger partial charge on any atom is -0.496 e. The van der Waals surface area contributed by atoms with Crippen LogP contribution >= 0.6 is 0 Å². The molecule has 29 heavy (non-hydrogen) atoms. The Morgan fingerprint density at radius 3 is 2.55 bits per heavy atom. The smallest absolute Gasteiger partial charge is 0.319 e. The number of methoxy groups -OCH3 is 1. The molecule has 0 atom stereocenters. The van der Waals surface area contributed by atoms with Crippen molar-refractivity contribution in [2.75, 3.05) is 17.7 Å². The minimum absolute atomic E-state index is 0.231. The van der Waals surface area contributed by atoms with Gasteiger partial charge >= 0.3 is 6.03 Å². The Bertz CT molecular complexity index is 1020. The van der Waals surface area contributed by atoms with Crippen molar-refractivity contribution < 1.29 is 14.3 Å². The molecule has 1 fully saturated rings. The second-order valence-corrected chi connectivity index (χ2v) is 6.77. The quantitative estimate of drug-likeness (QED) is 0.515. The fourth-order valence-electron chi connectivity index (χ4n) is 2.86. The molecule has 0 saturated heterocycles. The van der Waals surface area contributed by atoms with Crippen LogP contribution in [0.1, 0.15) is 23.2 Å². The number of urea groups is 1. The highest BCUT2D eigenvalue weighted by molar-refractivity contribution is 6.04. The SMILES string of the molecule is COc1ccccc1-c1cc(NC(=O)c2ccc(NC(=O)NC3CC3)cc2)n[nH]1. The van der Waals surface area contributed by atoms with Gasteiger partial charge in [0.25, 0.3) is 5.91 Å². The van der Waals surface area contributed by atoms with Crippen LogP contribution in [0.25, 0.3) is 11.3 Å². The first kappa shape index (κ1) is 18.5. The largest absolute Gasteiger partial charge is 0.496 e. The van der Waals surface area contributed by atoms with E-state index in [1.54, 1.807) is 37.4 Å². The number of amides is 3. The third kappa shape index (κ3) is 4.55. The molecule has 3 amide bonds. The summed E-state index contributed by atoms with van der Waals surface area (Å²) < 4.78 is 5.35. The fourth-order valence-corrected chi connectivity index (χ4v) is 2.86. The van der Waals surface area contributed by atoms with Gasteiger partial charge < -0.3 is 20.7 Å². The summed E-state index contributed by atoms with van der Waals surface area (Å²) in [6.45, 7) is 0. The molecule has 8 nitrogen and oxygen atoms in total. The molecule has 0 spiro atoms. The molecule has 1 heterocycles. The number of rotatable bonds is 6. The Morgan fingerprint density at radius 1 is 1.07 bits per heavy atom. The van der Waals surface area contributed by atoms with Crippen LogP contribution in [-0.2, 0) is 0 Å². The monoisotopic (exact) mass is 391 g/mol. The number of anilines is 2. The van der Waals surface area contributed by atoms with Gasteiger partial charge in [-0.2, -0.15) is 5.10 Å². The number of nitrogens with zero attached hydrogens (tertiary/aromatic N) is 1. The molecule has 1 aromatic heterocycles. The Kier molecular flexibility index (Phi) is 5.15. The lowest BCUT2D eigenvalue weighted by atomic mass is 10.1. The van der Waals surface area contributed by atoms with Gasteiger partial charge in [-0.05, 0) is 49.2 Å². The van der Waals surface area contributed by atoms with Crippen molar-refractivity contribution in [2.45, 2.75) is 18.9 Å². The number of hydrogen-bond donors (Lipinski definition) is 4. The van der Waals surface area contributed by atoms with Crippen LogP contribution < -0.4 is 20.7 Å². The van der Waals surface area contributed by atoms with Crippen molar-refractivity contribution in [1.82, 2.24) is 15.5 Å².